The van der Waals surface area contributed by atoms with Crippen LogP contribution in [0.2, 0.25) is 0 Å². The average Bonchev–Trinajstić information content (AvgIpc) is 1.37. The summed E-state index contributed by atoms with van der Waals surface area (Å²) in [5.41, 5.74) is 2.12. The van der Waals surface area contributed by atoms with Crippen LogP contribution in [0.3, 0.4) is 0 Å². The lowest BCUT2D eigenvalue weighted by Gasteiger charge is -2.51. The van der Waals surface area contributed by atoms with Gasteiger partial charge in [-0.1, -0.05) is 256 Å². The number of carbonyl (C=O) groups is 5. The largest absolute Gasteiger partial charge is 0.497 e. The van der Waals surface area contributed by atoms with Gasteiger partial charge in [0.05, 0.1) is 76.1 Å². The first-order valence-electron chi connectivity index (χ1n) is 53.2. The predicted molar refractivity (Wildman–Crippen MR) is 520 cm³/mol. The Morgan fingerprint density at radius 1 is 0.439 bits per heavy atom. The second-order valence-electron chi connectivity index (χ2n) is 40.6. The van der Waals surface area contributed by atoms with Crippen molar-refractivity contribution in [2.24, 2.45) is 5.92 Å². The molecule has 29 nitrogen and oxygen atoms in total. The highest BCUT2D eigenvalue weighted by molar-refractivity contribution is 5.87. The zero-order valence-corrected chi connectivity index (χ0v) is 86.3. The summed E-state index contributed by atoms with van der Waals surface area (Å²) in [6, 6.07) is 23.9. The Balaban J connectivity index is 0.934. The van der Waals surface area contributed by atoms with Gasteiger partial charge in [-0.05, 0) is 161 Å². The van der Waals surface area contributed by atoms with Gasteiger partial charge in [0.15, 0.2) is 73.5 Å². The van der Waals surface area contributed by atoms with E-state index in [2.05, 4.69) is 20.8 Å². The molecule has 0 aromatic heterocycles. The Kier molecular flexibility index (Phi) is 47.3. The van der Waals surface area contributed by atoms with Crippen LogP contribution in [0.5, 0.6) is 11.5 Å². The van der Waals surface area contributed by atoms with Crippen LogP contribution in [0.25, 0.3) is 6.08 Å². The molecule has 0 spiro atoms. The molecule has 0 radical (unpaired) electrons. The third-order valence-corrected chi connectivity index (χ3v) is 28.2. The highest BCUT2D eigenvalue weighted by atomic mass is 16.8. The van der Waals surface area contributed by atoms with E-state index in [1.807, 2.05) is 115 Å². The zero-order chi connectivity index (χ0) is 99.4. The molecule has 28 atom stereocenters. The summed E-state index contributed by atoms with van der Waals surface area (Å²) < 4.78 is 156. The van der Waals surface area contributed by atoms with Crippen molar-refractivity contribution in [3.63, 3.8) is 0 Å². The minimum absolute atomic E-state index is 0.0505. The van der Waals surface area contributed by atoms with E-state index >= 15 is 14.4 Å². The fourth-order valence-electron chi connectivity index (χ4n) is 20.0. The molecular formula is C110H170O29. The van der Waals surface area contributed by atoms with Gasteiger partial charge in [0.1, 0.15) is 72.5 Å². The van der Waals surface area contributed by atoms with E-state index in [0.29, 0.717) is 60.3 Å². The minimum Gasteiger partial charge on any atom is -0.497 e. The number of methoxy groups -OCH3 is 2. The highest BCUT2D eigenvalue weighted by Crippen LogP contribution is 2.46. The predicted octanol–water partition coefficient (Wildman–Crippen LogP) is 20.7. The van der Waals surface area contributed by atoms with Gasteiger partial charge in [0.2, 0.25) is 0 Å². The molecule has 1 N–H and O–H groups in total. The van der Waals surface area contributed by atoms with E-state index in [9.17, 15) is 14.7 Å². The van der Waals surface area contributed by atoms with Crippen molar-refractivity contribution in [3.05, 3.63) is 102 Å². The second kappa shape index (κ2) is 58.1. The molecular weight excluding hydrogens is 1790 g/mol. The quantitative estimate of drug-likeness (QED) is 0.0237. The molecule has 0 bridgehead atoms. The number of ether oxygens (including phenoxy) is 23. The number of rotatable bonds is 50. The topological polar surface area (TPSA) is 318 Å². The lowest BCUT2D eigenvalue weighted by atomic mass is 9.95. The number of hydrogen-bond donors (Lipinski definition) is 1. The number of aliphatic hydroxyl groups is 1. The van der Waals surface area contributed by atoms with E-state index in [-0.39, 0.29) is 50.8 Å². The molecule has 1 unspecified atom stereocenters. The number of benzene rings is 3. The zero-order valence-electron chi connectivity index (χ0n) is 86.3. The molecule has 8 heterocycles. The Bertz CT molecular complexity index is 4060. The van der Waals surface area contributed by atoms with Crippen molar-refractivity contribution in [2.45, 2.75) is 525 Å². The average molecular weight is 1960 g/mol. The van der Waals surface area contributed by atoms with Crippen LogP contribution in [-0.2, 0) is 137 Å². The summed E-state index contributed by atoms with van der Waals surface area (Å²) >= 11 is 0. The Hall–Kier alpha value is -6.33. The van der Waals surface area contributed by atoms with Crippen LogP contribution in [0.15, 0.2) is 84.9 Å². The van der Waals surface area contributed by atoms with E-state index in [1.165, 1.54) is 31.8 Å². The lowest BCUT2D eigenvalue weighted by Crippen LogP contribution is -2.68. The molecule has 139 heavy (non-hydrogen) atoms. The number of aliphatic hydroxyl groups excluding tert-OH is 1. The lowest BCUT2D eigenvalue weighted by molar-refractivity contribution is -0.388. The molecule has 11 rings (SSSR count). The molecule has 8 saturated heterocycles. The Morgan fingerprint density at radius 3 is 1.49 bits per heavy atom. The number of hydrogen-bond acceptors (Lipinski definition) is 29. The number of carbonyl (C=O) groups excluding carboxylic acids is 5. The van der Waals surface area contributed by atoms with Gasteiger partial charge >= 0.3 is 29.8 Å². The minimum atomic E-state index is -1.70. The summed E-state index contributed by atoms with van der Waals surface area (Å²) in [6.45, 7) is 26.4. The van der Waals surface area contributed by atoms with Crippen molar-refractivity contribution in [3.8, 4) is 11.5 Å². The van der Waals surface area contributed by atoms with Gasteiger partial charge in [-0.3, -0.25) is 19.2 Å². The van der Waals surface area contributed by atoms with Crippen LogP contribution in [-0.4, -0.2) is 226 Å². The fraction of sp³-hybridized carbons (Fsp3) is 0.773. The van der Waals surface area contributed by atoms with Crippen LogP contribution in [0.4, 0.5) is 0 Å². The third kappa shape index (κ3) is 35.0. The van der Waals surface area contributed by atoms with E-state index in [4.69, 9.17) is 109 Å². The molecule has 8 aliphatic heterocycles. The number of unbranched alkanes of at least 4 members (excludes halogenated alkanes) is 18. The molecule has 8 fully saturated rings. The SMILES string of the molecule is CCCCCCCCCCCC(=O)O[C@@H]1[C@@H](OCc2ccc(OC)cc2)[C@@H](OC(=O)/C=C/c2ccccc2)[C@H](O[C@@H]2[C@@H](OC(=O)CCCCCCCCC[C@H](CCCCC)O[C@@H]3O[C@H](C)[C@@H]4OC(C)(C)O[C@@H]4[C@H]3O)[C@@H](OC(=O)[C@@H](C)CC)[C@H](O[C@@H]3[C@@H](OCc4ccc(OC)cc4)[C@H]4OC(=O)CCCCCCCCCC(CCCCC)O[C@@H]5O[C@H](C)[C@@H]6OC(C)(C)O[C@@H]6[C@H]5O[C@@H]4O[C@H]3C)O[C@H]2C)O[C@H]1C. The van der Waals surface area contributed by atoms with E-state index < -0.39 is 195 Å². The molecule has 0 amide bonds. The first kappa shape index (κ1) is 113. The number of esters is 5. The van der Waals surface area contributed by atoms with Crippen molar-refractivity contribution < 1.29 is 138 Å². The van der Waals surface area contributed by atoms with E-state index in [0.717, 1.165) is 161 Å². The smallest absolute Gasteiger partial charge is 0.331 e. The van der Waals surface area contributed by atoms with Gasteiger partial charge in [-0.25, -0.2) is 4.79 Å². The summed E-state index contributed by atoms with van der Waals surface area (Å²) in [7, 11) is 3.16. The van der Waals surface area contributed by atoms with Crippen LogP contribution >= 0.6 is 0 Å². The van der Waals surface area contributed by atoms with Crippen LogP contribution < -0.4 is 9.47 Å². The normalized spacial score (nSPS) is 32.1. The van der Waals surface area contributed by atoms with Crippen LogP contribution in [0.1, 0.15) is 351 Å². The molecule has 0 saturated carbocycles. The molecule has 3 aromatic carbocycles. The molecule has 29 heteroatoms. The van der Waals surface area contributed by atoms with Crippen molar-refractivity contribution >= 4 is 35.9 Å². The van der Waals surface area contributed by atoms with Gasteiger partial charge in [0, 0.05) is 25.3 Å². The molecule has 0 aliphatic carbocycles. The summed E-state index contributed by atoms with van der Waals surface area (Å²) in [4.78, 5) is 75.1. The molecule has 784 valence electrons. The standard InChI is InChI=1S/C110H170O29/c1-17-21-24-25-26-27-32-37-47-56-84(111)128-89-72(6)122-106(99(131-87(114)68-63-77-50-43-40-44-51-77)95(89)119-69-78-59-64-80(117-15)65-60-78)134-91-74(8)124-108(101(132-103(116)71(5)20-4)97(91)129-85(112)57-48-38-33-28-30-35-45-54-82(52-41-22-18-2)126-104-88(115)94-92(75(9)121-104)136-109(11,12)138-94)133-90-73(7)123-107-100(96(90)120-70-79-61-66-81(118-16)67-62-79)130-86(113)58-49-39-34-29-31-36-46-55-83(53-42-23-19-3)127-105-102(135-107)98-93(76(10)125-105)137-110(13,14)139-98/h40,43-44,50-51,59-68,71-76,82-83,88-102,104-108,115H,17-39,41-42,45-49,52-58,69-70H2,1-16H3/b68-63+/t71-,72-,73-,74-,75+,76+,82-,83?,88+,89-,90-,91-,92-,93-,94+,95+,96+,97+,98-,99+,100+,101+,102+,104-,105-,106-,107-,108-/m0/s1. The Labute approximate surface area is 828 Å². The first-order chi connectivity index (χ1) is 67.1. The van der Waals surface area contributed by atoms with Crippen molar-refractivity contribution in [1.82, 2.24) is 0 Å². The van der Waals surface area contributed by atoms with Crippen LogP contribution in [0, 0.1) is 5.92 Å². The molecule has 3 aromatic rings. The number of fused-ring (bicyclic) bond motifs is 5. The highest BCUT2D eigenvalue weighted by Gasteiger charge is 2.62. The first-order valence-corrected chi connectivity index (χ1v) is 53.2. The van der Waals surface area contributed by atoms with Crippen molar-refractivity contribution in [2.75, 3.05) is 14.2 Å². The van der Waals surface area contributed by atoms with Gasteiger partial charge in [0.25, 0.3) is 0 Å². The van der Waals surface area contributed by atoms with E-state index in [1.54, 1.807) is 60.1 Å². The third-order valence-electron chi connectivity index (χ3n) is 28.2. The summed E-state index contributed by atoms with van der Waals surface area (Å²) in [5, 5.41) is 11.5. The fourth-order valence-corrected chi connectivity index (χ4v) is 20.0. The second-order valence-corrected chi connectivity index (χ2v) is 40.6. The maximum Gasteiger partial charge on any atom is 0.331 e. The van der Waals surface area contributed by atoms with Gasteiger partial charge in [-0.15, -0.1) is 0 Å². The van der Waals surface area contributed by atoms with Gasteiger partial charge in [-0.2, -0.15) is 0 Å². The maximum atomic E-state index is 15.5. The maximum absolute atomic E-state index is 15.5. The summed E-state index contributed by atoms with van der Waals surface area (Å²) in [6.07, 6.45) is 5.27. The monoisotopic (exact) mass is 1960 g/mol. The van der Waals surface area contributed by atoms with Gasteiger partial charge < -0.3 is 114 Å². The molecule has 8 aliphatic rings. The Morgan fingerprint density at radius 2 is 0.899 bits per heavy atom. The van der Waals surface area contributed by atoms with Crippen molar-refractivity contribution in [1.29, 1.82) is 0 Å². The summed E-state index contributed by atoms with van der Waals surface area (Å²) in [5.74, 6) is -4.69.